The molecule has 2 nitrogen and oxygen atoms in total. The number of benzene rings is 2. The van der Waals surface area contributed by atoms with Crippen LogP contribution in [0.25, 0.3) is 0 Å². The van der Waals surface area contributed by atoms with Gasteiger partial charge in [0.15, 0.2) is 0 Å². The van der Waals surface area contributed by atoms with Crippen molar-refractivity contribution in [1.29, 1.82) is 0 Å². The first kappa shape index (κ1) is 12.4. The van der Waals surface area contributed by atoms with E-state index in [4.69, 9.17) is 0 Å². The zero-order valence-corrected chi connectivity index (χ0v) is 12.0. The van der Waals surface area contributed by atoms with Gasteiger partial charge in [-0.3, -0.25) is 4.79 Å². The van der Waals surface area contributed by atoms with Crippen LogP contribution in [0.1, 0.15) is 21.5 Å². The molecule has 0 radical (unpaired) electrons. The molecule has 0 saturated carbocycles. The van der Waals surface area contributed by atoms with E-state index in [0.717, 1.165) is 17.3 Å². The first-order valence-corrected chi connectivity index (χ1v) is 7.15. The fraction of sp³-hybridized carbons (Fsp3) is 0.188. The van der Waals surface area contributed by atoms with E-state index in [-0.39, 0.29) is 11.9 Å². The Labute approximate surface area is 121 Å². The molecule has 0 saturated heterocycles. The maximum Gasteiger partial charge on any atom is 0.251 e. The van der Waals surface area contributed by atoms with Crippen molar-refractivity contribution >= 4 is 21.8 Å². The molecule has 1 N–H and O–H groups in total. The van der Waals surface area contributed by atoms with Gasteiger partial charge in [0.05, 0.1) is 0 Å². The van der Waals surface area contributed by atoms with Crippen LogP contribution in [0.5, 0.6) is 0 Å². The lowest BCUT2D eigenvalue weighted by atomic mass is 10.1. The maximum absolute atomic E-state index is 12.1. The number of carbonyl (C=O) groups excluding carboxylic acids is 1. The number of hydrogen-bond donors (Lipinski definition) is 1. The lowest BCUT2D eigenvalue weighted by molar-refractivity contribution is 0.0938. The van der Waals surface area contributed by atoms with Gasteiger partial charge in [-0.25, -0.2) is 0 Å². The van der Waals surface area contributed by atoms with Crippen molar-refractivity contribution in [3.8, 4) is 0 Å². The summed E-state index contributed by atoms with van der Waals surface area (Å²) in [6, 6.07) is 16.0. The highest BCUT2D eigenvalue weighted by Gasteiger charge is 2.22. The Morgan fingerprint density at radius 1 is 1.00 bits per heavy atom. The summed E-state index contributed by atoms with van der Waals surface area (Å²) in [6.45, 7) is 0. The molecule has 1 aliphatic carbocycles. The SMILES string of the molecule is O=C(NC1Cc2ccccc2C1)c1ccc(Br)cc1. The van der Waals surface area contributed by atoms with Crippen molar-refractivity contribution < 1.29 is 4.79 Å². The van der Waals surface area contributed by atoms with Crippen molar-refractivity contribution in [2.24, 2.45) is 0 Å². The second kappa shape index (κ2) is 5.17. The van der Waals surface area contributed by atoms with Gasteiger partial charge < -0.3 is 5.32 Å². The molecule has 0 bridgehead atoms. The lowest BCUT2D eigenvalue weighted by Crippen LogP contribution is -2.35. The van der Waals surface area contributed by atoms with Gasteiger partial charge in [0, 0.05) is 16.1 Å². The highest BCUT2D eigenvalue weighted by atomic mass is 79.9. The molecule has 2 aromatic carbocycles. The average molecular weight is 316 g/mol. The van der Waals surface area contributed by atoms with Crippen molar-refractivity contribution in [2.45, 2.75) is 18.9 Å². The summed E-state index contributed by atoms with van der Waals surface area (Å²) in [6.07, 6.45) is 1.86. The number of carbonyl (C=O) groups is 1. The Balaban J connectivity index is 1.67. The molecule has 0 fully saturated rings. The van der Waals surface area contributed by atoms with Crippen molar-refractivity contribution in [3.63, 3.8) is 0 Å². The number of nitrogens with one attached hydrogen (secondary N) is 1. The van der Waals surface area contributed by atoms with E-state index in [2.05, 4.69) is 45.5 Å². The van der Waals surface area contributed by atoms with Crippen LogP contribution < -0.4 is 5.32 Å². The van der Waals surface area contributed by atoms with E-state index < -0.39 is 0 Å². The fourth-order valence-corrected chi connectivity index (χ4v) is 2.80. The van der Waals surface area contributed by atoms with Gasteiger partial charge in [-0.1, -0.05) is 40.2 Å². The molecule has 0 unspecified atom stereocenters. The molecule has 19 heavy (non-hydrogen) atoms. The molecule has 3 heteroatoms. The standard InChI is InChI=1S/C16H14BrNO/c17-14-7-5-11(6-8-14)16(19)18-15-9-12-3-1-2-4-13(12)10-15/h1-8,15H,9-10H2,(H,18,19). The molecular weight excluding hydrogens is 302 g/mol. The van der Waals surface area contributed by atoms with E-state index >= 15 is 0 Å². The normalized spacial score (nSPS) is 14.2. The highest BCUT2D eigenvalue weighted by molar-refractivity contribution is 9.10. The van der Waals surface area contributed by atoms with Crippen molar-refractivity contribution in [2.75, 3.05) is 0 Å². The molecule has 1 amide bonds. The zero-order chi connectivity index (χ0) is 13.2. The maximum atomic E-state index is 12.1. The molecule has 96 valence electrons. The third-order valence-electron chi connectivity index (χ3n) is 3.49. The first-order valence-electron chi connectivity index (χ1n) is 6.35. The van der Waals surface area contributed by atoms with Crippen LogP contribution in [0.15, 0.2) is 53.0 Å². The molecular formula is C16H14BrNO. The summed E-state index contributed by atoms with van der Waals surface area (Å²) in [4.78, 5) is 12.1. The van der Waals surface area contributed by atoms with Gasteiger partial charge in [0.2, 0.25) is 0 Å². The monoisotopic (exact) mass is 315 g/mol. The summed E-state index contributed by atoms with van der Waals surface area (Å²) in [5, 5.41) is 3.11. The second-order valence-electron chi connectivity index (χ2n) is 4.85. The van der Waals surface area contributed by atoms with Crippen LogP contribution in [0.3, 0.4) is 0 Å². The Kier molecular flexibility index (Phi) is 3.38. The smallest absolute Gasteiger partial charge is 0.251 e. The van der Waals surface area contributed by atoms with Gasteiger partial charge in [0.25, 0.3) is 5.91 Å². The lowest BCUT2D eigenvalue weighted by Gasteiger charge is -2.12. The summed E-state index contributed by atoms with van der Waals surface area (Å²) in [5.41, 5.74) is 3.41. The van der Waals surface area contributed by atoms with Gasteiger partial charge >= 0.3 is 0 Å². The van der Waals surface area contributed by atoms with E-state index in [9.17, 15) is 4.79 Å². The van der Waals surface area contributed by atoms with Gasteiger partial charge in [-0.05, 0) is 48.2 Å². The van der Waals surface area contributed by atoms with E-state index in [1.807, 2.05) is 24.3 Å². The van der Waals surface area contributed by atoms with Crippen molar-refractivity contribution in [1.82, 2.24) is 5.32 Å². The average Bonchev–Trinajstić information content (AvgIpc) is 2.81. The number of fused-ring (bicyclic) bond motifs is 1. The van der Waals surface area contributed by atoms with E-state index in [1.165, 1.54) is 11.1 Å². The van der Waals surface area contributed by atoms with Gasteiger partial charge in [-0.15, -0.1) is 0 Å². The fourth-order valence-electron chi connectivity index (χ4n) is 2.53. The summed E-state index contributed by atoms with van der Waals surface area (Å²) < 4.78 is 0.984. The number of rotatable bonds is 2. The largest absolute Gasteiger partial charge is 0.349 e. The molecule has 3 rings (SSSR count). The third kappa shape index (κ3) is 2.71. The quantitative estimate of drug-likeness (QED) is 0.904. The predicted molar refractivity (Wildman–Crippen MR) is 79.2 cm³/mol. The number of halogens is 1. The predicted octanol–water partition coefficient (Wildman–Crippen LogP) is 3.35. The second-order valence-corrected chi connectivity index (χ2v) is 5.77. The van der Waals surface area contributed by atoms with Crippen molar-refractivity contribution in [3.05, 3.63) is 69.7 Å². The number of hydrogen-bond acceptors (Lipinski definition) is 1. The summed E-state index contributed by atoms with van der Waals surface area (Å²) in [7, 11) is 0. The Morgan fingerprint density at radius 3 is 2.16 bits per heavy atom. The molecule has 1 aliphatic rings. The van der Waals surface area contributed by atoms with Crippen LogP contribution in [0, 0.1) is 0 Å². The van der Waals surface area contributed by atoms with Crippen LogP contribution in [-0.2, 0) is 12.8 Å². The summed E-state index contributed by atoms with van der Waals surface area (Å²) >= 11 is 3.37. The topological polar surface area (TPSA) is 29.1 Å². The Morgan fingerprint density at radius 2 is 1.58 bits per heavy atom. The van der Waals surface area contributed by atoms with Crippen LogP contribution in [0.4, 0.5) is 0 Å². The minimum absolute atomic E-state index is 0.00491. The summed E-state index contributed by atoms with van der Waals surface area (Å²) in [5.74, 6) is 0.00491. The van der Waals surface area contributed by atoms with Gasteiger partial charge in [-0.2, -0.15) is 0 Å². The molecule has 0 aromatic heterocycles. The zero-order valence-electron chi connectivity index (χ0n) is 10.4. The van der Waals surface area contributed by atoms with Gasteiger partial charge in [0.1, 0.15) is 0 Å². The molecule has 2 aromatic rings. The van der Waals surface area contributed by atoms with Crippen LogP contribution in [0.2, 0.25) is 0 Å². The Bertz CT molecular complexity index is 581. The third-order valence-corrected chi connectivity index (χ3v) is 4.02. The molecule has 0 heterocycles. The first-order chi connectivity index (χ1) is 9.22. The van der Waals surface area contributed by atoms with E-state index in [0.29, 0.717) is 5.56 Å². The van der Waals surface area contributed by atoms with Crippen LogP contribution in [-0.4, -0.2) is 11.9 Å². The number of amides is 1. The molecule has 0 atom stereocenters. The minimum Gasteiger partial charge on any atom is -0.349 e. The van der Waals surface area contributed by atoms with E-state index in [1.54, 1.807) is 0 Å². The molecule has 0 spiro atoms. The minimum atomic E-state index is 0.00491. The molecule has 0 aliphatic heterocycles. The highest BCUT2D eigenvalue weighted by Crippen LogP contribution is 2.22. The van der Waals surface area contributed by atoms with Crippen LogP contribution >= 0.6 is 15.9 Å². The Hall–Kier alpha value is -1.61.